The Bertz CT molecular complexity index is 1110. The van der Waals surface area contributed by atoms with E-state index in [0.29, 0.717) is 23.1 Å². The number of aryl methyl sites for hydroxylation is 1. The van der Waals surface area contributed by atoms with Crippen molar-refractivity contribution >= 4 is 27.3 Å². The molecule has 1 aliphatic carbocycles. The summed E-state index contributed by atoms with van der Waals surface area (Å²) in [7, 11) is -3.79. The highest BCUT2D eigenvalue weighted by molar-refractivity contribution is 7.92. The molecule has 1 heterocycles. The topological polar surface area (TPSA) is 78.5 Å². The van der Waals surface area contributed by atoms with Crippen LogP contribution in [0.2, 0.25) is 0 Å². The minimum atomic E-state index is -3.79. The molecule has 2 aromatic rings. The predicted octanol–water partition coefficient (Wildman–Crippen LogP) is 5.34. The Morgan fingerprint density at radius 2 is 1.65 bits per heavy atom. The van der Waals surface area contributed by atoms with Gasteiger partial charge in [-0.1, -0.05) is 44.4 Å². The number of carbonyl (C=O) groups is 1. The Hall–Kier alpha value is -2.54. The van der Waals surface area contributed by atoms with Gasteiger partial charge in [0, 0.05) is 24.7 Å². The highest BCUT2D eigenvalue weighted by Crippen LogP contribution is 2.33. The number of nitrogens with zero attached hydrogens (tertiary/aromatic N) is 1. The summed E-state index contributed by atoms with van der Waals surface area (Å²) in [6.07, 6.45) is 6.62. The van der Waals surface area contributed by atoms with Gasteiger partial charge in [0.2, 0.25) is 0 Å². The van der Waals surface area contributed by atoms with Crippen LogP contribution in [0.4, 0.5) is 11.4 Å². The van der Waals surface area contributed by atoms with Crippen molar-refractivity contribution in [1.82, 2.24) is 5.32 Å². The Morgan fingerprint density at radius 3 is 2.35 bits per heavy atom. The predicted molar refractivity (Wildman–Crippen MR) is 138 cm³/mol. The van der Waals surface area contributed by atoms with Gasteiger partial charge in [0.25, 0.3) is 15.9 Å². The van der Waals surface area contributed by atoms with Crippen LogP contribution in [0.3, 0.4) is 0 Å². The maximum Gasteiger partial charge on any atom is 0.261 e. The smallest absolute Gasteiger partial charge is 0.261 e. The third-order valence-corrected chi connectivity index (χ3v) is 8.94. The molecule has 2 N–H and O–H groups in total. The summed E-state index contributed by atoms with van der Waals surface area (Å²) >= 11 is 0. The third kappa shape index (κ3) is 5.57. The molecule has 1 saturated heterocycles. The second-order valence-corrected chi connectivity index (χ2v) is 11.7. The fraction of sp³-hybridized carbons (Fsp3) is 0.519. The molecule has 7 heteroatoms. The molecular weight excluding hydrogens is 446 g/mol. The van der Waals surface area contributed by atoms with Gasteiger partial charge in [0.15, 0.2) is 0 Å². The van der Waals surface area contributed by atoms with Crippen molar-refractivity contribution in [2.24, 2.45) is 11.8 Å². The lowest BCUT2D eigenvalue weighted by molar-refractivity contribution is 0.0891. The minimum absolute atomic E-state index is 0.144. The average Bonchev–Trinajstić information content (AvgIpc) is 2.82. The lowest BCUT2D eigenvalue weighted by Gasteiger charge is -2.34. The van der Waals surface area contributed by atoms with E-state index < -0.39 is 10.0 Å². The Kier molecular flexibility index (Phi) is 7.51. The first kappa shape index (κ1) is 24.6. The van der Waals surface area contributed by atoms with E-state index in [0.717, 1.165) is 50.0 Å². The summed E-state index contributed by atoms with van der Waals surface area (Å²) in [5.74, 6) is 0.856. The monoisotopic (exact) mass is 483 g/mol. The molecule has 0 bridgehead atoms. The van der Waals surface area contributed by atoms with Crippen LogP contribution in [0, 0.1) is 18.8 Å². The molecule has 2 aromatic carbocycles. The highest BCUT2D eigenvalue weighted by atomic mass is 32.2. The van der Waals surface area contributed by atoms with Crippen LogP contribution >= 0.6 is 0 Å². The number of hydrogen-bond donors (Lipinski definition) is 2. The first-order valence-corrected chi connectivity index (χ1v) is 14.0. The molecule has 1 aliphatic heterocycles. The molecule has 0 spiro atoms. The number of benzene rings is 2. The lowest BCUT2D eigenvalue weighted by atomic mass is 9.78. The van der Waals surface area contributed by atoms with E-state index in [4.69, 9.17) is 0 Å². The third-order valence-electron chi connectivity index (χ3n) is 7.55. The molecule has 0 unspecified atom stereocenters. The van der Waals surface area contributed by atoms with Crippen LogP contribution < -0.4 is 14.9 Å². The number of amides is 1. The average molecular weight is 484 g/mol. The van der Waals surface area contributed by atoms with Crippen LogP contribution in [0.15, 0.2) is 47.4 Å². The van der Waals surface area contributed by atoms with Crippen molar-refractivity contribution in [3.05, 3.63) is 53.6 Å². The van der Waals surface area contributed by atoms with E-state index in [-0.39, 0.29) is 16.8 Å². The second kappa shape index (κ2) is 10.4. The SMILES string of the molecule is Cc1ccc(S(=O)(=O)Nc2cc(C(=O)N[C@@H]3CCC[C@H](C)[C@@H]3C)ccc2N2CCCCC2)cc1. The van der Waals surface area contributed by atoms with Gasteiger partial charge in [-0.05, 0) is 74.8 Å². The fourth-order valence-electron chi connectivity index (χ4n) is 5.13. The molecule has 0 aromatic heterocycles. The summed E-state index contributed by atoms with van der Waals surface area (Å²) < 4.78 is 29.2. The zero-order valence-corrected chi connectivity index (χ0v) is 21.3. The molecule has 2 aliphatic rings. The zero-order chi connectivity index (χ0) is 24.3. The molecule has 4 rings (SSSR count). The number of sulfonamides is 1. The van der Waals surface area contributed by atoms with E-state index in [2.05, 4.69) is 28.8 Å². The van der Waals surface area contributed by atoms with Crippen molar-refractivity contribution in [1.29, 1.82) is 0 Å². The maximum atomic E-state index is 13.2. The van der Waals surface area contributed by atoms with Gasteiger partial charge in [-0.25, -0.2) is 8.42 Å². The normalized spacial score (nSPS) is 23.4. The standard InChI is InChI=1S/C27H37N3O3S/c1-19-10-13-23(14-11-19)34(32,33)29-25-18-22(12-15-26(25)30-16-5-4-6-17-30)27(31)28-24-9-7-8-20(2)21(24)3/h10-15,18,20-21,24,29H,4-9,16-17H2,1-3H3,(H,28,31)/t20-,21-,24+/m0/s1. The second-order valence-electron chi connectivity index (χ2n) is 10.0. The summed E-state index contributed by atoms with van der Waals surface area (Å²) in [6.45, 7) is 8.13. The van der Waals surface area contributed by atoms with Crippen molar-refractivity contribution in [3.63, 3.8) is 0 Å². The van der Waals surface area contributed by atoms with Crippen LogP contribution in [-0.4, -0.2) is 33.5 Å². The summed E-state index contributed by atoms with van der Waals surface area (Å²) in [5.41, 5.74) is 2.76. The molecular formula is C27H37N3O3S. The number of hydrogen-bond acceptors (Lipinski definition) is 4. The maximum absolute atomic E-state index is 13.2. The number of rotatable bonds is 6. The zero-order valence-electron chi connectivity index (χ0n) is 20.5. The summed E-state index contributed by atoms with van der Waals surface area (Å²) in [5, 5.41) is 3.21. The Labute approximate surface area is 204 Å². The van der Waals surface area contributed by atoms with E-state index >= 15 is 0 Å². The Balaban J connectivity index is 1.62. The number of anilines is 2. The molecule has 1 amide bonds. The number of piperidine rings is 1. The van der Waals surface area contributed by atoms with Gasteiger partial charge in [0.05, 0.1) is 16.3 Å². The van der Waals surface area contributed by atoms with Crippen molar-refractivity contribution in [3.8, 4) is 0 Å². The van der Waals surface area contributed by atoms with Gasteiger partial charge in [-0.3, -0.25) is 9.52 Å². The van der Waals surface area contributed by atoms with Gasteiger partial charge in [-0.2, -0.15) is 0 Å². The molecule has 6 nitrogen and oxygen atoms in total. The molecule has 1 saturated carbocycles. The van der Waals surface area contributed by atoms with Crippen LogP contribution in [0.5, 0.6) is 0 Å². The highest BCUT2D eigenvalue weighted by Gasteiger charge is 2.29. The van der Waals surface area contributed by atoms with Gasteiger partial charge in [-0.15, -0.1) is 0 Å². The van der Waals surface area contributed by atoms with Crippen molar-refractivity contribution in [2.75, 3.05) is 22.7 Å². The van der Waals surface area contributed by atoms with E-state index in [1.807, 2.05) is 19.1 Å². The number of nitrogens with one attached hydrogen (secondary N) is 2. The van der Waals surface area contributed by atoms with Gasteiger partial charge in [0.1, 0.15) is 0 Å². The van der Waals surface area contributed by atoms with Gasteiger partial charge < -0.3 is 10.2 Å². The minimum Gasteiger partial charge on any atom is -0.370 e. The van der Waals surface area contributed by atoms with Gasteiger partial charge >= 0.3 is 0 Å². The molecule has 0 radical (unpaired) electrons. The molecule has 3 atom stereocenters. The van der Waals surface area contributed by atoms with Crippen LogP contribution in [-0.2, 0) is 10.0 Å². The molecule has 184 valence electrons. The fourth-order valence-corrected chi connectivity index (χ4v) is 6.19. The lowest BCUT2D eigenvalue weighted by Crippen LogP contribution is -2.43. The van der Waals surface area contributed by atoms with E-state index in [9.17, 15) is 13.2 Å². The van der Waals surface area contributed by atoms with Crippen LogP contribution in [0.25, 0.3) is 0 Å². The first-order valence-electron chi connectivity index (χ1n) is 12.5. The molecule has 2 fully saturated rings. The first-order chi connectivity index (χ1) is 16.2. The van der Waals surface area contributed by atoms with Crippen molar-refractivity contribution in [2.45, 2.75) is 70.2 Å². The number of carbonyl (C=O) groups excluding carboxylic acids is 1. The summed E-state index contributed by atoms with van der Waals surface area (Å²) in [6, 6.07) is 12.3. The quantitative estimate of drug-likeness (QED) is 0.581. The van der Waals surface area contributed by atoms with E-state index in [1.165, 1.54) is 12.8 Å². The Morgan fingerprint density at radius 1 is 0.941 bits per heavy atom. The summed E-state index contributed by atoms with van der Waals surface area (Å²) in [4.78, 5) is 15.6. The van der Waals surface area contributed by atoms with Crippen LogP contribution in [0.1, 0.15) is 68.3 Å². The largest absolute Gasteiger partial charge is 0.370 e. The van der Waals surface area contributed by atoms with Crippen molar-refractivity contribution < 1.29 is 13.2 Å². The van der Waals surface area contributed by atoms with E-state index in [1.54, 1.807) is 30.3 Å². The molecule has 34 heavy (non-hydrogen) atoms.